The number of fused-ring (bicyclic) bond motifs is 1. The van der Waals surface area contributed by atoms with Crippen LogP contribution in [0.15, 0.2) is 36.0 Å². The lowest BCUT2D eigenvalue weighted by molar-refractivity contribution is -0.138. The van der Waals surface area contributed by atoms with E-state index >= 15 is 0 Å². The molecule has 1 aromatic carbocycles. The number of carbonyl (C=O) groups is 2. The number of esters is 1. The number of hydrogen-bond acceptors (Lipinski definition) is 4. The number of anilines is 1. The number of methoxy groups -OCH3 is 1. The highest BCUT2D eigenvalue weighted by molar-refractivity contribution is 5.96. The summed E-state index contributed by atoms with van der Waals surface area (Å²) in [4.78, 5) is 29.5. The number of amides is 1. The van der Waals surface area contributed by atoms with Crippen LogP contribution in [0.3, 0.4) is 0 Å². The van der Waals surface area contributed by atoms with Crippen LogP contribution in [-0.2, 0) is 14.3 Å². The van der Waals surface area contributed by atoms with Crippen molar-refractivity contribution in [3.63, 3.8) is 0 Å². The van der Waals surface area contributed by atoms with Gasteiger partial charge in [-0.05, 0) is 56.4 Å². The molecule has 152 valence electrons. The molecule has 0 saturated heterocycles. The Morgan fingerprint density at radius 3 is 2.61 bits per heavy atom. The fourth-order valence-corrected chi connectivity index (χ4v) is 4.57. The van der Waals surface area contributed by atoms with E-state index in [1.807, 2.05) is 43.0 Å². The van der Waals surface area contributed by atoms with Crippen molar-refractivity contribution in [2.45, 2.75) is 58.4 Å². The molecule has 5 nitrogen and oxygen atoms in total. The van der Waals surface area contributed by atoms with Gasteiger partial charge in [-0.15, -0.1) is 0 Å². The van der Waals surface area contributed by atoms with Crippen molar-refractivity contribution in [2.24, 2.45) is 5.92 Å². The predicted molar refractivity (Wildman–Crippen MR) is 111 cm³/mol. The zero-order valence-corrected chi connectivity index (χ0v) is 17.3. The topological polar surface area (TPSA) is 49.9 Å². The minimum atomic E-state index is -0.335. The molecular formula is C23H32N2O3. The van der Waals surface area contributed by atoms with Crippen LogP contribution < -0.4 is 4.90 Å². The number of hydrogen-bond donors (Lipinski definition) is 0. The molecule has 0 spiro atoms. The maximum absolute atomic E-state index is 13.2. The molecule has 1 aliphatic heterocycles. The van der Waals surface area contributed by atoms with Gasteiger partial charge in [-0.2, -0.15) is 0 Å². The molecule has 2 atom stereocenters. The fourth-order valence-electron chi connectivity index (χ4n) is 4.57. The molecule has 0 aromatic heterocycles. The van der Waals surface area contributed by atoms with Crippen LogP contribution >= 0.6 is 0 Å². The second kappa shape index (κ2) is 9.26. The molecule has 0 N–H and O–H groups in total. The van der Waals surface area contributed by atoms with E-state index < -0.39 is 0 Å². The van der Waals surface area contributed by atoms with Crippen molar-refractivity contribution in [1.82, 2.24) is 4.90 Å². The predicted octanol–water partition coefficient (Wildman–Crippen LogP) is 4.06. The van der Waals surface area contributed by atoms with Crippen LogP contribution in [0, 0.1) is 12.8 Å². The molecule has 2 unspecified atom stereocenters. The van der Waals surface area contributed by atoms with Crippen molar-refractivity contribution in [1.29, 1.82) is 0 Å². The van der Waals surface area contributed by atoms with Crippen LogP contribution in [0.2, 0.25) is 0 Å². The van der Waals surface area contributed by atoms with E-state index in [1.165, 1.54) is 26.4 Å². The van der Waals surface area contributed by atoms with E-state index in [-0.39, 0.29) is 24.5 Å². The lowest BCUT2D eigenvalue weighted by Crippen LogP contribution is -2.45. The third-order valence-electron chi connectivity index (χ3n) is 5.99. The molecule has 1 aliphatic carbocycles. The van der Waals surface area contributed by atoms with Gasteiger partial charge in [0.2, 0.25) is 5.91 Å². The summed E-state index contributed by atoms with van der Waals surface area (Å²) in [6.45, 7) is 4.82. The first-order valence-corrected chi connectivity index (χ1v) is 10.5. The number of ether oxygens (including phenoxy) is 1. The van der Waals surface area contributed by atoms with Crippen molar-refractivity contribution in [3.05, 3.63) is 41.6 Å². The Balaban J connectivity index is 1.83. The number of nitrogens with zero attached hydrogens (tertiary/aromatic N) is 2. The van der Waals surface area contributed by atoms with Crippen LogP contribution in [0.25, 0.3) is 0 Å². The average Bonchev–Trinajstić information content (AvgIpc) is 2.98. The van der Waals surface area contributed by atoms with Gasteiger partial charge in [-0.25, -0.2) is 4.79 Å². The number of carbonyl (C=O) groups excluding carboxylic acids is 2. The maximum Gasteiger partial charge on any atom is 0.354 e. The second-order valence-electron chi connectivity index (χ2n) is 7.87. The molecule has 28 heavy (non-hydrogen) atoms. The fraction of sp³-hybridized carbons (Fsp3) is 0.565. The molecule has 1 aromatic rings. The van der Waals surface area contributed by atoms with Gasteiger partial charge in [0.25, 0.3) is 0 Å². The first-order valence-electron chi connectivity index (χ1n) is 10.5. The Bertz CT molecular complexity index is 743. The van der Waals surface area contributed by atoms with Gasteiger partial charge in [0.15, 0.2) is 0 Å². The van der Waals surface area contributed by atoms with Crippen LogP contribution in [0.4, 0.5) is 5.69 Å². The zero-order valence-electron chi connectivity index (χ0n) is 17.3. The highest BCUT2D eigenvalue weighted by Crippen LogP contribution is 2.36. The summed E-state index contributed by atoms with van der Waals surface area (Å²) in [5.41, 5.74) is 2.60. The van der Waals surface area contributed by atoms with Gasteiger partial charge in [-0.1, -0.05) is 37.8 Å². The van der Waals surface area contributed by atoms with Crippen molar-refractivity contribution in [3.8, 4) is 0 Å². The number of benzene rings is 1. The summed E-state index contributed by atoms with van der Waals surface area (Å²) in [6.07, 6.45) is 8.94. The van der Waals surface area contributed by atoms with Crippen LogP contribution in [0.5, 0.6) is 0 Å². The van der Waals surface area contributed by atoms with E-state index in [4.69, 9.17) is 4.74 Å². The summed E-state index contributed by atoms with van der Waals surface area (Å²) in [7, 11) is 1.41. The largest absolute Gasteiger partial charge is 0.464 e. The molecule has 1 amide bonds. The first-order chi connectivity index (χ1) is 13.5. The summed E-state index contributed by atoms with van der Waals surface area (Å²) in [5, 5.41) is 0. The number of aryl methyl sites for hydroxylation is 1. The van der Waals surface area contributed by atoms with E-state index in [2.05, 4.69) is 6.08 Å². The Hall–Kier alpha value is -2.30. The summed E-state index contributed by atoms with van der Waals surface area (Å²) in [5.74, 6) is 0.0139. The van der Waals surface area contributed by atoms with Gasteiger partial charge < -0.3 is 14.5 Å². The third-order valence-corrected chi connectivity index (χ3v) is 5.99. The second-order valence-corrected chi connectivity index (χ2v) is 7.87. The van der Waals surface area contributed by atoms with Crippen molar-refractivity contribution >= 4 is 17.6 Å². The third kappa shape index (κ3) is 4.40. The molecule has 2 aliphatic rings. The molecule has 5 heteroatoms. The van der Waals surface area contributed by atoms with Crippen LogP contribution in [-0.4, -0.2) is 43.0 Å². The van der Waals surface area contributed by atoms with Crippen molar-refractivity contribution < 1.29 is 14.3 Å². The zero-order chi connectivity index (χ0) is 20.1. The van der Waals surface area contributed by atoms with E-state index in [1.54, 1.807) is 4.90 Å². The van der Waals surface area contributed by atoms with E-state index in [0.29, 0.717) is 18.2 Å². The molecule has 3 rings (SSSR count). The van der Waals surface area contributed by atoms with Gasteiger partial charge in [0.1, 0.15) is 5.70 Å². The minimum absolute atomic E-state index is 0.0191. The Morgan fingerprint density at radius 2 is 1.93 bits per heavy atom. The van der Waals surface area contributed by atoms with E-state index in [0.717, 1.165) is 30.5 Å². The molecular weight excluding hydrogens is 352 g/mol. The highest BCUT2D eigenvalue weighted by Gasteiger charge is 2.39. The van der Waals surface area contributed by atoms with Crippen molar-refractivity contribution in [2.75, 3.05) is 25.1 Å². The molecule has 0 radical (unpaired) electrons. The quantitative estimate of drug-likeness (QED) is 0.719. The highest BCUT2D eigenvalue weighted by atomic mass is 16.5. The molecule has 1 saturated carbocycles. The van der Waals surface area contributed by atoms with Crippen LogP contribution in [0.1, 0.15) is 51.0 Å². The normalized spacial score (nSPS) is 22.0. The summed E-state index contributed by atoms with van der Waals surface area (Å²) >= 11 is 0. The smallest absolute Gasteiger partial charge is 0.354 e. The average molecular weight is 385 g/mol. The van der Waals surface area contributed by atoms with Gasteiger partial charge >= 0.3 is 5.97 Å². The lowest BCUT2D eigenvalue weighted by atomic mass is 9.88. The maximum atomic E-state index is 13.2. The standard InChI is InChI=1S/C23H32N2O3/c1-4-24(19-12-9-10-17(2)14-19)22(26)16-25-20-13-8-6-5-7-11-18(20)15-21(25)23(27)28-3/h9-10,12,14-15,18,20H,4-8,11,13,16H2,1-3H3. The minimum Gasteiger partial charge on any atom is -0.464 e. The van der Waals surface area contributed by atoms with E-state index in [9.17, 15) is 9.59 Å². The Labute approximate surface area is 168 Å². The molecule has 0 bridgehead atoms. The number of rotatable bonds is 5. The van der Waals surface area contributed by atoms with Gasteiger partial charge in [0, 0.05) is 18.3 Å². The number of likely N-dealkylation sites (N-methyl/N-ethyl adjacent to an activating group) is 1. The van der Waals surface area contributed by atoms with Gasteiger partial charge in [0.05, 0.1) is 13.7 Å². The summed E-state index contributed by atoms with van der Waals surface area (Å²) in [6, 6.07) is 8.21. The first kappa shape index (κ1) is 20.4. The SMILES string of the molecule is CCN(C(=O)CN1C(C(=O)OC)=CC2CCCCCCC21)c1cccc(C)c1. The lowest BCUT2D eigenvalue weighted by Gasteiger charge is -2.34. The van der Waals surface area contributed by atoms with Gasteiger partial charge in [-0.3, -0.25) is 4.79 Å². The molecule has 1 heterocycles. The Morgan fingerprint density at radius 1 is 1.18 bits per heavy atom. The Kier molecular flexibility index (Phi) is 6.76. The summed E-state index contributed by atoms with van der Waals surface area (Å²) < 4.78 is 5.03. The molecule has 1 fully saturated rings. The monoisotopic (exact) mass is 384 g/mol.